The van der Waals surface area contributed by atoms with Gasteiger partial charge in [0.15, 0.2) is 0 Å². The van der Waals surface area contributed by atoms with Gasteiger partial charge in [-0.15, -0.1) is 0 Å². The van der Waals surface area contributed by atoms with Crippen molar-refractivity contribution in [2.75, 3.05) is 19.7 Å². The van der Waals surface area contributed by atoms with E-state index in [2.05, 4.69) is 10.6 Å². The third-order valence-corrected chi connectivity index (χ3v) is 6.15. The van der Waals surface area contributed by atoms with Crippen LogP contribution in [0.25, 0.3) is 0 Å². The van der Waals surface area contributed by atoms with Crippen LogP contribution < -0.4 is 15.4 Å². The number of carbonyl (C=O) groups excluding carboxylic acids is 2. The molecule has 0 spiro atoms. The number of nitrogens with zero attached hydrogens (tertiary/aromatic N) is 1. The molecule has 37 heavy (non-hydrogen) atoms. The van der Waals surface area contributed by atoms with E-state index in [1.807, 2.05) is 41.3 Å². The SMILES string of the molecule is O=C1CN(Cc2ccccc2)Cc2c(cccc2C(=O)NCc2cc(F)cc(F)c2)OCCCCCN1. The van der Waals surface area contributed by atoms with Crippen molar-refractivity contribution in [2.45, 2.75) is 38.9 Å². The van der Waals surface area contributed by atoms with E-state index in [4.69, 9.17) is 4.74 Å². The minimum atomic E-state index is -0.701. The summed E-state index contributed by atoms with van der Waals surface area (Å²) < 4.78 is 33.3. The van der Waals surface area contributed by atoms with Crippen molar-refractivity contribution in [3.8, 4) is 5.75 Å². The summed E-state index contributed by atoms with van der Waals surface area (Å²) in [7, 11) is 0. The highest BCUT2D eigenvalue weighted by molar-refractivity contribution is 5.96. The smallest absolute Gasteiger partial charge is 0.252 e. The Hall–Kier alpha value is -3.78. The molecule has 4 rings (SSSR count). The first-order valence-electron chi connectivity index (χ1n) is 12.5. The maximum atomic E-state index is 13.6. The predicted molar refractivity (Wildman–Crippen MR) is 137 cm³/mol. The Kier molecular flexibility index (Phi) is 9.21. The van der Waals surface area contributed by atoms with Crippen molar-refractivity contribution >= 4 is 11.8 Å². The van der Waals surface area contributed by atoms with Crippen molar-refractivity contribution < 1.29 is 23.1 Å². The highest BCUT2D eigenvalue weighted by Crippen LogP contribution is 2.26. The van der Waals surface area contributed by atoms with E-state index < -0.39 is 17.5 Å². The van der Waals surface area contributed by atoms with Crippen molar-refractivity contribution in [3.63, 3.8) is 0 Å². The Bertz CT molecular complexity index is 1200. The lowest BCUT2D eigenvalue weighted by atomic mass is 10.0. The van der Waals surface area contributed by atoms with E-state index in [-0.39, 0.29) is 19.0 Å². The number of nitrogens with one attached hydrogen (secondary N) is 2. The van der Waals surface area contributed by atoms with Crippen LogP contribution in [-0.4, -0.2) is 36.4 Å². The van der Waals surface area contributed by atoms with Crippen LogP contribution in [0.15, 0.2) is 66.7 Å². The lowest BCUT2D eigenvalue weighted by Gasteiger charge is -2.25. The fraction of sp³-hybridized carbons (Fsp3) is 0.310. The summed E-state index contributed by atoms with van der Waals surface area (Å²) in [6, 6.07) is 18.3. The molecule has 1 aliphatic rings. The fourth-order valence-electron chi connectivity index (χ4n) is 4.37. The fourth-order valence-corrected chi connectivity index (χ4v) is 4.37. The summed E-state index contributed by atoms with van der Waals surface area (Å²) in [6.07, 6.45) is 2.60. The molecule has 0 fully saturated rings. The maximum absolute atomic E-state index is 13.6. The molecular weight excluding hydrogens is 476 g/mol. The zero-order valence-corrected chi connectivity index (χ0v) is 20.6. The van der Waals surface area contributed by atoms with E-state index in [0.29, 0.717) is 48.7 Å². The molecule has 0 bridgehead atoms. The zero-order chi connectivity index (χ0) is 26.0. The average Bonchev–Trinajstić information content (AvgIpc) is 2.88. The number of hydrogen-bond donors (Lipinski definition) is 2. The first kappa shape index (κ1) is 26.3. The topological polar surface area (TPSA) is 70.7 Å². The second-order valence-corrected chi connectivity index (χ2v) is 9.13. The summed E-state index contributed by atoms with van der Waals surface area (Å²) in [5.74, 6) is -1.28. The van der Waals surface area contributed by atoms with Crippen molar-refractivity contribution in [1.82, 2.24) is 15.5 Å². The molecule has 1 heterocycles. The molecule has 0 unspecified atom stereocenters. The molecule has 0 aliphatic carbocycles. The summed E-state index contributed by atoms with van der Waals surface area (Å²) >= 11 is 0. The highest BCUT2D eigenvalue weighted by Gasteiger charge is 2.21. The predicted octanol–water partition coefficient (Wildman–Crippen LogP) is 4.58. The summed E-state index contributed by atoms with van der Waals surface area (Å²) in [5, 5.41) is 5.75. The molecule has 0 saturated heterocycles. The number of amides is 2. The minimum absolute atomic E-state index is 0.0336. The molecular formula is C29H31F2N3O3. The number of ether oxygens (including phenoxy) is 1. The van der Waals surface area contributed by atoms with Gasteiger partial charge in [0, 0.05) is 43.4 Å². The maximum Gasteiger partial charge on any atom is 0.252 e. The first-order chi connectivity index (χ1) is 18.0. The van der Waals surface area contributed by atoms with Crippen molar-refractivity contribution in [3.05, 3.63) is 101 Å². The summed E-state index contributed by atoms with van der Waals surface area (Å²) in [6.45, 7) is 2.04. The van der Waals surface area contributed by atoms with Crippen LogP contribution in [0.3, 0.4) is 0 Å². The Morgan fingerprint density at radius 2 is 1.70 bits per heavy atom. The summed E-state index contributed by atoms with van der Waals surface area (Å²) in [5.41, 5.74) is 2.41. The van der Waals surface area contributed by atoms with Crippen molar-refractivity contribution in [2.24, 2.45) is 0 Å². The van der Waals surface area contributed by atoms with Gasteiger partial charge < -0.3 is 15.4 Å². The Labute approximate surface area is 215 Å². The second kappa shape index (κ2) is 13.0. The molecule has 3 aromatic rings. The molecule has 2 N–H and O–H groups in total. The van der Waals surface area contributed by atoms with Gasteiger partial charge in [-0.1, -0.05) is 36.4 Å². The molecule has 0 radical (unpaired) electrons. The van der Waals surface area contributed by atoms with Gasteiger partial charge in [-0.05, 0) is 54.7 Å². The van der Waals surface area contributed by atoms with E-state index in [1.54, 1.807) is 12.1 Å². The van der Waals surface area contributed by atoms with E-state index in [9.17, 15) is 18.4 Å². The van der Waals surface area contributed by atoms with E-state index in [1.165, 1.54) is 12.1 Å². The third kappa shape index (κ3) is 7.85. The molecule has 0 saturated carbocycles. The third-order valence-electron chi connectivity index (χ3n) is 6.15. The van der Waals surface area contributed by atoms with Gasteiger partial charge in [0.1, 0.15) is 17.4 Å². The van der Waals surface area contributed by atoms with Gasteiger partial charge in [0.25, 0.3) is 5.91 Å². The number of benzene rings is 3. The van der Waals surface area contributed by atoms with Gasteiger partial charge in [-0.25, -0.2) is 8.78 Å². The number of fused-ring (bicyclic) bond motifs is 1. The number of rotatable bonds is 5. The van der Waals surface area contributed by atoms with Crippen LogP contribution >= 0.6 is 0 Å². The van der Waals surface area contributed by atoms with Gasteiger partial charge in [-0.2, -0.15) is 0 Å². The minimum Gasteiger partial charge on any atom is -0.493 e. The zero-order valence-electron chi connectivity index (χ0n) is 20.6. The standard InChI is InChI=1S/C29H31F2N3O3/c30-23-14-22(15-24(31)16-23)17-33-29(36)25-10-7-11-27-26(25)19-34(18-21-8-3-1-4-9-21)20-28(35)32-12-5-2-6-13-37-27/h1,3-4,7-11,14-16H,2,5-6,12-13,17-20H2,(H,32,35)(H,33,36). The average molecular weight is 508 g/mol. The summed E-state index contributed by atoms with van der Waals surface area (Å²) in [4.78, 5) is 27.9. The quantitative estimate of drug-likeness (QED) is 0.531. The molecule has 3 aromatic carbocycles. The van der Waals surface area contributed by atoms with Crippen LogP contribution in [-0.2, 0) is 24.4 Å². The Balaban J connectivity index is 1.61. The number of carbonyl (C=O) groups is 2. The molecule has 2 amide bonds. The van der Waals surface area contributed by atoms with Crippen LogP contribution in [0.2, 0.25) is 0 Å². The largest absolute Gasteiger partial charge is 0.493 e. The van der Waals surface area contributed by atoms with Crippen LogP contribution in [0.1, 0.15) is 46.3 Å². The van der Waals surface area contributed by atoms with Crippen LogP contribution in [0.5, 0.6) is 5.75 Å². The molecule has 6 nitrogen and oxygen atoms in total. The van der Waals surface area contributed by atoms with Crippen molar-refractivity contribution in [1.29, 1.82) is 0 Å². The molecule has 194 valence electrons. The van der Waals surface area contributed by atoms with Crippen LogP contribution in [0, 0.1) is 11.6 Å². The highest BCUT2D eigenvalue weighted by atomic mass is 19.1. The van der Waals surface area contributed by atoms with Gasteiger partial charge in [-0.3, -0.25) is 14.5 Å². The Morgan fingerprint density at radius 3 is 2.49 bits per heavy atom. The lowest BCUT2D eigenvalue weighted by molar-refractivity contribution is -0.122. The van der Waals surface area contributed by atoms with Gasteiger partial charge >= 0.3 is 0 Å². The number of hydrogen-bond acceptors (Lipinski definition) is 4. The van der Waals surface area contributed by atoms with Gasteiger partial charge in [0.05, 0.1) is 13.2 Å². The van der Waals surface area contributed by atoms with E-state index in [0.717, 1.165) is 30.9 Å². The molecule has 8 heteroatoms. The molecule has 0 atom stereocenters. The second-order valence-electron chi connectivity index (χ2n) is 9.13. The van der Waals surface area contributed by atoms with E-state index >= 15 is 0 Å². The normalized spacial score (nSPS) is 15.2. The Morgan fingerprint density at radius 1 is 0.919 bits per heavy atom. The van der Waals surface area contributed by atoms with Crippen LogP contribution in [0.4, 0.5) is 8.78 Å². The number of halogens is 2. The first-order valence-corrected chi connectivity index (χ1v) is 12.5. The lowest BCUT2D eigenvalue weighted by Crippen LogP contribution is -2.37. The van der Waals surface area contributed by atoms with Gasteiger partial charge in [0.2, 0.25) is 5.91 Å². The monoisotopic (exact) mass is 507 g/mol. The molecule has 0 aromatic heterocycles. The molecule has 1 aliphatic heterocycles.